The fourth-order valence-corrected chi connectivity index (χ4v) is 0. The Hall–Kier alpha value is 0.612. The van der Waals surface area contributed by atoms with Gasteiger partial charge in [-0.3, -0.25) is 0 Å². The van der Waals surface area contributed by atoms with Crippen LogP contribution >= 0.6 is 0 Å². The Kier molecular flexibility index (Phi) is 81.0. The third kappa shape index (κ3) is 84.0. The van der Waals surface area contributed by atoms with E-state index in [1.54, 1.807) is 0 Å². The van der Waals surface area contributed by atoms with Crippen LogP contribution in [0.15, 0.2) is 0 Å². The summed E-state index contributed by atoms with van der Waals surface area (Å²) in [5.41, 5.74) is 0. The quantitative estimate of drug-likeness (QED) is 0.352. The van der Waals surface area contributed by atoms with E-state index in [0.717, 1.165) is 0 Å². The number of hydrogen-bond acceptors (Lipinski definition) is 2. The molecule has 0 bridgehead atoms. The Bertz CT molecular complexity index is 27.9. The van der Waals surface area contributed by atoms with Crippen molar-refractivity contribution < 1.29 is 28.0 Å². The van der Waals surface area contributed by atoms with Crippen LogP contribution in [-0.2, 0) is 22.5 Å². The van der Waals surface area contributed by atoms with Gasteiger partial charge in [0.2, 0.25) is 0 Å². The van der Waals surface area contributed by atoms with Crippen molar-refractivity contribution in [1.82, 2.24) is 0 Å². The summed E-state index contributed by atoms with van der Waals surface area (Å²) in [6.07, 6.45) is 0. The Morgan fingerprint density at radius 2 is 1.20 bits per heavy atom. The van der Waals surface area contributed by atoms with Gasteiger partial charge in [-0.1, -0.05) is 0 Å². The first-order chi connectivity index (χ1) is 1.41. The van der Waals surface area contributed by atoms with E-state index in [1.165, 1.54) is 0 Å². The van der Waals surface area contributed by atoms with Gasteiger partial charge in [0, 0.05) is 0 Å². The zero-order valence-electron chi connectivity index (χ0n) is 1.69. The SMILES string of the molecule is O.[AlH3].[O]=[Mn]=[O]. The van der Waals surface area contributed by atoms with Crippen LogP contribution in [0.25, 0.3) is 0 Å². The standard InChI is InChI=1S/Al.Mn.H2O.2O.3H/h;;1H2;;;;;. The van der Waals surface area contributed by atoms with Crippen LogP contribution in [0.3, 0.4) is 0 Å². The average Bonchev–Trinajstić information content (AvgIpc) is 0.918. The van der Waals surface area contributed by atoms with Crippen molar-refractivity contribution in [2.24, 2.45) is 0 Å². The van der Waals surface area contributed by atoms with Gasteiger partial charge >= 0.3 is 22.5 Å². The van der Waals surface area contributed by atoms with E-state index in [2.05, 4.69) is 0 Å². The second-order valence-corrected chi connectivity index (χ2v) is 0.260. The fraction of sp³-hybridized carbons (Fsp3) is 0. The van der Waals surface area contributed by atoms with Gasteiger partial charge in [-0.25, -0.2) is 0 Å². The summed E-state index contributed by atoms with van der Waals surface area (Å²) in [5.74, 6) is 0. The van der Waals surface area contributed by atoms with E-state index in [4.69, 9.17) is 7.67 Å². The summed E-state index contributed by atoms with van der Waals surface area (Å²) in [7, 11) is 0. The predicted octanol–water partition coefficient (Wildman–Crippen LogP) is -2.25. The normalized spacial score (nSPS) is 2.40. The van der Waals surface area contributed by atoms with Gasteiger partial charge in [-0.2, -0.15) is 0 Å². The average molecular weight is 135 g/mol. The molecule has 0 aromatic carbocycles. The molecular weight excluding hydrogens is 130 g/mol. The molecule has 0 amide bonds. The van der Waals surface area contributed by atoms with Crippen LogP contribution in [0.5, 0.6) is 0 Å². The molecule has 0 unspecified atom stereocenters. The third-order valence-electron chi connectivity index (χ3n) is 0. The Balaban J connectivity index is -0.0000000200. The Labute approximate surface area is 45.7 Å². The molecule has 2 N–H and O–H groups in total. The molecule has 0 aromatic rings. The maximum atomic E-state index is 8.41. The summed E-state index contributed by atoms with van der Waals surface area (Å²) in [5, 5.41) is 0. The van der Waals surface area contributed by atoms with Crippen LogP contribution in [0.2, 0.25) is 0 Å². The van der Waals surface area contributed by atoms with Gasteiger partial charge in [0.1, 0.15) is 0 Å². The zero-order chi connectivity index (χ0) is 2.71. The number of rotatable bonds is 0. The molecule has 0 aliphatic rings. The van der Waals surface area contributed by atoms with E-state index in [-0.39, 0.29) is 22.8 Å². The first-order valence-electron chi connectivity index (χ1n) is 0.309. The first kappa shape index (κ1) is 17.5. The van der Waals surface area contributed by atoms with Gasteiger partial charge in [0.15, 0.2) is 17.4 Å². The summed E-state index contributed by atoms with van der Waals surface area (Å²) in [6, 6.07) is 0. The van der Waals surface area contributed by atoms with Crippen LogP contribution in [0.1, 0.15) is 0 Å². The molecule has 0 fully saturated rings. The van der Waals surface area contributed by atoms with Gasteiger partial charge in [0.25, 0.3) is 0 Å². The second kappa shape index (κ2) is 23.2. The van der Waals surface area contributed by atoms with E-state index in [9.17, 15) is 0 Å². The Morgan fingerprint density at radius 1 is 1.20 bits per heavy atom. The van der Waals surface area contributed by atoms with Crippen LogP contribution in [0.4, 0.5) is 0 Å². The zero-order valence-corrected chi connectivity index (χ0v) is 2.87. The van der Waals surface area contributed by atoms with Gasteiger partial charge in [-0.15, -0.1) is 0 Å². The summed E-state index contributed by atoms with van der Waals surface area (Å²) in [4.78, 5) is 0. The summed E-state index contributed by atoms with van der Waals surface area (Å²) in [6.45, 7) is 0. The van der Waals surface area contributed by atoms with Crippen molar-refractivity contribution >= 4 is 17.4 Å². The maximum absolute atomic E-state index is 8.41. The monoisotopic (exact) mass is 135 g/mol. The molecule has 0 radical (unpaired) electrons. The first-order valence-corrected chi connectivity index (χ1v) is 1.27. The molecule has 5 heteroatoms. The Morgan fingerprint density at radius 3 is 1.20 bits per heavy atom. The minimum atomic E-state index is -1.44. The van der Waals surface area contributed by atoms with E-state index < -0.39 is 14.8 Å². The molecule has 0 saturated carbocycles. The molecule has 33 valence electrons. The van der Waals surface area contributed by atoms with Crippen molar-refractivity contribution in [2.75, 3.05) is 0 Å². The minimum absolute atomic E-state index is 0. The molecule has 5 heavy (non-hydrogen) atoms. The van der Waals surface area contributed by atoms with Crippen LogP contribution in [-0.4, -0.2) is 22.8 Å². The summed E-state index contributed by atoms with van der Waals surface area (Å²) >= 11 is -1.44. The molecule has 3 nitrogen and oxygen atoms in total. The van der Waals surface area contributed by atoms with Crippen molar-refractivity contribution in [1.29, 1.82) is 0 Å². The molecule has 0 atom stereocenters. The van der Waals surface area contributed by atoms with Crippen molar-refractivity contribution in [3.05, 3.63) is 0 Å². The van der Waals surface area contributed by atoms with Crippen LogP contribution in [0, 0.1) is 0 Å². The predicted molar refractivity (Wildman–Crippen MR) is 14.9 cm³/mol. The van der Waals surface area contributed by atoms with E-state index in [0.29, 0.717) is 0 Å². The second-order valence-electron chi connectivity index (χ2n) is 0.0630. The molecule has 0 aliphatic heterocycles. The molecule has 0 aliphatic carbocycles. The van der Waals surface area contributed by atoms with Crippen molar-refractivity contribution in [3.8, 4) is 0 Å². The molecule has 0 heterocycles. The van der Waals surface area contributed by atoms with E-state index in [1.807, 2.05) is 0 Å². The van der Waals surface area contributed by atoms with E-state index >= 15 is 0 Å². The van der Waals surface area contributed by atoms with Crippen molar-refractivity contribution in [3.63, 3.8) is 0 Å². The van der Waals surface area contributed by atoms with Crippen molar-refractivity contribution in [2.45, 2.75) is 0 Å². The molecule has 0 spiro atoms. The van der Waals surface area contributed by atoms with Gasteiger partial charge in [0.05, 0.1) is 0 Å². The third-order valence-corrected chi connectivity index (χ3v) is 0. The van der Waals surface area contributed by atoms with Gasteiger partial charge in [-0.05, 0) is 0 Å². The summed E-state index contributed by atoms with van der Waals surface area (Å²) < 4.78 is 16.8. The molecular formula is H5AlMnO3. The van der Waals surface area contributed by atoms with Gasteiger partial charge < -0.3 is 5.48 Å². The molecule has 0 rings (SSSR count). The molecule has 0 saturated heterocycles. The number of hydrogen-bond donors (Lipinski definition) is 0. The molecule has 0 aromatic heterocycles. The fourth-order valence-electron chi connectivity index (χ4n) is 0. The topological polar surface area (TPSA) is 65.6 Å². The van der Waals surface area contributed by atoms with Crippen LogP contribution < -0.4 is 0 Å².